The number of nitrogens with zero attached hydrogens (tertiary/aromatic N) is 1. The second-order valence-corrected chi connectivity index (χ2v) is 4.74. The predicted molar refractivity (Wildman–Crippen MR) is 55.9 cm³/mol. The number of carbonyl (C=O) groups excluding carboxylic acids is 1. The molecule has 2 fully saturated rings. The normalized spacial score (nSPS) is 25.0. The van der Waals surface area contributed by atoms with Gasteiger partial charge in [0.05, 0.1) is 0 Å². The highest BCUT2D eigenvalue weighted by Crippen LogP contribution is 2.26. The van der Waals surface area contributed by atoms with Gasteiger partial charge in [0.1, 0.15) is 0 Å². The van der Waals surface area contributed by atoms with E-state index >= 15 is 0 Å². The Labute approximate surface area is 85.8 Å². The molecule has 1 amide bonds. The lowest BCUT2D eigenvalue weighted by atomic mass is 9.85. The molecule has 1 saturated carbocycles. The number of hydrogen-bond acceptors (Lipinski definition) is 2. The Hall–Kier alpha value is -0.570. The monoisotopic (exact) mass is 196 g/mol. The molecule has 1 aliphatic heterocycles. The molecule has 2 rings (SSSR count). The molecule has 0 aromatic heterocycles. The molecule has 1 saturated heterocycles. The average Bonchev–Trinajstić information content (AvgIpc) is 1.96. The van der Waals surface area contributed by atoms with Gasteiger partial charge in [-0.3, -0.25) is 4.79 Å². The summed E-state index contributed by atoms with van der Waals surface area (Å²) >= 11 is 0. The second-order valence-electron chi connectivity index (χ2n) is 4.74. The first-order valence-corrected chi connectivity index (χ1v) is 5.67. The van der Waals surface area contributed by atoms with Gasteiger partial charge in [0.25, 0.3) is 0 Å². The Bertz CT molecular complexity index is 199. The highest BCUT2D eigenvalue weighted by Gasteiger charge is 2.34. The minimum Gasteiger partial charge on any atom is -0.343 e. The van der Waals surface area contributed by atoms with Gasteiger partial charge >= 0.3 is 0 Å². The third-order valence-electron chi connectivity index (χ3n) is 3.88. The van der Waals surface area contributed by atoms with Crippen LogP contribution in [0.4, 0.5) is 0 Å². The van der Waals surface area contributed by atoms with E-state index in [2.05, 4.69) is 12.2 Å². The van der Waals surface area contributed by atoms with Gasteiger partial charge in [0, 0.05) is 19.0 Å². The Morgan fingerprint density at radius 3 is 2.43 bits per heavy atom. The van der Waals surface area contributed by atoms with Crippen molar-refractivity contribution in [3.8, 4) is 0 Å². The van der Waals surface area contributed by atoms with Crippen molar-refractivity contribution in [2.24, 2.45) is 11.8 Å². The van der Waals surface area contributed by atoms with Crippen molar-refractivity contribution in [2.75, 3.05) is 20.1 Å². The maximum Gasteiger partial charge on any atom is 0.225 e. The van der Waals surface area contributed by atoms with Gasteiger partial charge in [0.2, 0.25) is 5.91 Å². The molecule has 1 atom stereocenters. The molecule has 14 heavy (non-hydrogen) atoms. The third kappa shape index (κ3) is 1.65. The molecule has 3 heteroatoms. The van der Waals surface area contributed by atoms with Gasteiger partial charge in [0.15, 0.2) is 0 Å². The lowest BCUT2D eigenvalue weighted by Gasteiger charge is -2.39. The van der Waals surface area contributed by atoms with Crippen molar-refractivity contribution >= 4 is 5.91 Å². The van der Waals surface area contributed by atoms with Crippen LogP contribution in [0.5, 0.6) is 0 Å². The van der Waals surface area contributed by atoms with E-state index in [1.54, 1.807) is 0 Å². The molecular weight excluding hydrogens is 176 g/mol. The highest BCUT2D eigenvalue weighted by molar-refractivity contribution is 5.79. The van der Waals surface area contributed by atoms with Gasteiger partial charge < -0.3 is 10.2 Å². The van der Waals surface area contributed by atoms with Crippen LogP contribution in [0, 0.1) is 11.8 Å². The van der Waals surface area contributed by atoms with Crippen LogP contribution in [-0.4, -0.2) is 37.0 Å². The fraction of sp³-hybridized carbons (Fsp3) is 0.909. The molecular formula is C11H20N2O. The Balaban J connectivity index is 1.85. The van der Waals surface area contributed by atoms with E-state index in [4.69, 9.17) is 0 Å². The van der Waals surface area contributed by atoms with Gasteiger partial charge in [-0.05, 0) is 38.3 Å². The van der Waals surface area contributed by atoms with Crippen molar-refractivity contribution in [3.05, 3.63) is 0 Å². The lowest BCUT2D eigenvalue weighted by Crippen LogP contribution is -2.52. The second kappa shape index (κ2) is 3.89. The minimum atomic E-state index is 0.210. The summed E-state index contributed by atoms with van der Waals surface area (Å²) in [4.78, 5) is 14.0. The Morgan fingerprint density at radius 1 is 1.43 bits per heavy atom. The van der Waals surface area contributed by atoms with E-state index in [9.17, 15) is 4.79 Å². The number of hydrogen-bond donors (Lipinski definition) is 1. The van der Waals surface area contributed by atoms with Gasteiger partial charge in [-0.25, -0.2) is 0 Å². The summed E-state index contributed by atoms with van der Waals surface area (Å²) in [5.74, 6) is 1.13. The van der Waals surface area contributed by atoms with Crippen LogP contribution < -0.4 is 5.32 Å². The van der Waals surface area contributed by atoms with E-state index in [-0.39, 0.29) is 5.92 Å². The van der Waals surface area contributed by atoms with Crippen LogP contribution >= 0.6 is 0 Å². The van der Waals surface area contributed by atoms with E-state index in [0.29, 0.717) is 17.9 Å². The van der Waals surface area contributed by atoms with E-state index in [1.165, 1.54) is 19.3 Å². The summed E-state index contributed by atoms with van der Waals surface area (Å²) in [5, 5.41) is 3.22. The Kier molecular flexibility index (Phi) is 2.77. The number of amides is 1. The molecule has 0 aromatic carbocycles. The first-order valence-electron chi connectivity index (χ1n) is 5.67. The molecule has 1 aliphatic carbocycles. The van der Waals surface area contributed by atoms with Crippen LogP contribution in [0.2, 0.25) is 0 Å². The highest BCUT2D eigenvalue weighted by atomic mass is 16.2. The molecule has 3 nitrogen and oxygen atoms in total. The summed E-state index contributed by atoms with van der Waals surface area (Å²) in [7, 11) is 1.97. The van der Waals surface area contributed by atoms with Crippen molar-refractivity contribution in [3.63, 3.8) is 0 Å². The van der Waals surface area contributed by atoms with Gasteiger partial charge in [-0.15, -0.1) is 0 Å². The van der Waals surface area contributed by atoms with Gasteiger partial charge in [-0.2, -0.15) is 0 Å². The van der Waals surface area contributed by atoms with Crippen LogP contribution in [0.3, 0.4) is 0 Å². The molecule has 80 valence electrons. The Morgan fingerprint density at radius 2 is 2.07 bits per heavy atom. The fourth-order valence-corrected chi connectivity index (χ4v) is 2.14. The maximum absolute atomic E-state index is 12.0. The first kappa shape index (κ1) is 9.97. The van der Waals surface area contributed by atoms with E-state index in [1.807, 2.05) is 11.9 Å². The van der Waals surface area contributed by atoms with E-state index in [0.717, 1.165) is 13.1 Å². The van der Waals surface area contributed by atoms with Crippen LogP contribution in [0.15, 0.2) is 0 Å². The average molecular weight is 196 g/mol. The molecule has 1 N–H and O–H groups in total. The van der Waals surface area contributed by atoms with Gasteiger partial charge in [-0.1, -0.05) is 6.92 Å². The maximum atomic E-state index is 12.0. The van der Waals surface area contributed by atoms with Crippen molar-refractivity contribution in [2.45, 2.75) is 32.2 Å². The zero-order chi connectivity index (χ0) is 10.1. The van der Waals surface area contributed by atoms with Crippen LogP contribution in [-0.2, 0) is 4.79 Å². The quantitative estimate of drug-likeness (QED) is 0.726. The lowest BCUT2D eigenvalue weighted by molar-refractivity contribution is -0.139. The topological polar surface area (TPSA) is 32.3 Å². The molecule has 0 spiro atoms. The summed E-state index contributed by atoms with van der Waals surface area (Å²) in [6.07, 6.45) is 3.71. The molecule has 0 aromatic rings. The predicted octanol–water partition coefficient (Wildman–Crippen LogP) is 0.853. The van der Waals surface area contributed by atoms with Crippen molar-refractivity contribution in [1.82, 2.24) is 10.2 Å². The molecule has 0 radical (unpaired) electrons. The zero-order valence-corrected chi connectivity index (χ0v) is 9.12. The molecule has 1 unspecified atom stereocenters. The summed E-state index contributed by atoms with van der Waals surface area (Å²) in [5.41, 5.74) is 0. The summed E-state index contributed by atoms with van der Waals surface area (Å²) < 4.78 is 0. The third-order valence-corrected chi connectivity index (χ3v) is 3.88. The first-order chi connectivity index (χ1) is 6.70. The molecule has 0 bridgehead atoms. The minimum absolute atomic E-state index is 0.210. The summed E-state index contributed by atoms with van der Waals surface area (Å²) in [6.45, 7) is 4.11. The largest absolute Gasteiger partial charge is 0.343 e. The molecule has 2 aliphatic rings. The number of nitrogens with one attached hydrogen (secondary N) is 1. The van der Waals surface area contributed by atoms with Crippen LogP contribution in [0.1, 0.15) is 26.2 Å². The zero-order valence-electron chi connectivity index (χ0n) is 9.12. The van der Waals surface area contributed by atoms with Crippen molar-refractivity contribution < 1.29 is 4.79 Å². The SMILES string of the molecule is CC(C(=O)N(C)C1CCC1)C1CNC1. The number of rotatable bonds is 3. The fourth-order valence-electron chi connectivity index (χ4n) is 2.14. The smallest absolute Gasteiger partial charge is 0.225 e. The molecule has 1 heterocycles. The van der Waals surface area contributed by atoms with E-state index < -0.39 is 0 Å². The van der Waals surface area contributed by atoms with Crippen LogP contribution in [0.25, 0.3) is 0 Å². The number of carbonyl (C=O) groups is 1. The van der Waals surface area contributed by atoms with Crippen molar-refractivity contribution in [1.29, 1.82) is 0 Å². The standard InChI is InChI=1S/C11H20N2O/c1-8(9-6-12-7-9)11(14)13(2)10-4-3-5-10/h8-10,12H,3-7H2,1-2H3. The summed E-state index contributed by atoms with van der Waals surface area (Å²) in [6, 6.07) is 0.540.